The van der Waals surface area contributed by atoms with E-state index in [9.17, 15) is 0 Å². The standard InChI is InChI=1S/C16H27N3O/c1-2-12-3-5-14(6-4-12)19-11-18-9-15(19)16(17)13-7-8-20-10-13/h9,11-14,16H,2-8,10,17H2,1H3. The third-order valence-corrected chi connectivity index (χ3v) is 5.30. The van der Waals surface area contributed by atoms with Gasteiger partial charge in [-0.3, -0.25) is 0 Å². The molecule has 1 saturated carbocycles. The molecule has 4 heteroatoms. The predicted octanol–water partition coefficient (Wildman–Crippen LogP) is 3.06. The minimum Gasteiger partial charge on any atom is -0.381 e. The van der Waals surface area contributed by atoms with Crippen LogP contribution >= 0.6 is 0 Å². The summed E-state index contributed by atoms with van der Waals surface area (Å²) in [6, 6.07) is 0.674. The summed E-state index contributed by atoms with van der Waals surface area (Å²) in [7, 11) is 0. The predicted molar refractivity (Wildman–Crippen MR) is 79.4 cm³/mol. The Hall–Kier alpha value is -0.870. The summed E-state index contributed by atoms with van der Waals surface area (Å²) in [5.41, 5.74) is 7.67. The zero-order valence-electron chi connectivity index (χ0n) is 12.5. The number of nitrogens with zero attached hydrogens (tertiary/aromatic N) is 2. The van der Waals surface area contributed by atoms with E-state index >= 15 is 0 Å². The molecule has 2 fully saturated rings. The van der Waals surface area contributed by atoms with Gasteiger partial charge in [0.05, 0.1) is 24.7 Å². The van der Waals surface area contributed by atoms with Crippen molar-refractivity contribution >= 4 is 0 Å². The number of aromatic nitrogens is 2. The number of rotatable bonds is 4. The molecular weight excluding hydrogens is 250 g/mol. The van der Waals surface area contributed by atoms with Crippen LogP contribution in [0.5, 0.6) is 0 Å². The average Bonchev–Trinajstić information content (AvgIpc) is 3.18. The number of nitrogens with two attached hydrogens (primary N) is 1. The Kier molecular flexibility index (Phi) is 4.41. The molecule has 2 heterocycles. The molecule has 1 aromatic heterocycles. The highest BCUT2D eigenvalue weighted by atomic mass is 16.5. The normalized spacial score (nSPS) is 32.4. The van der Waals surface area contributed by atoms with Gasteiger partial charge in [-0.2, -0.15) is 0 Å². The van der Waals surface area contributed by atoms with Gasteiger partial charge in [-0.05, 0) is 38.0 Å². The number of hydrogen-bond acceptors (Lipinski definition) is 3. The van der Waals surface area contributed by atoms with E-state index in [0.717, 1.165) is 25.6 Å². The van der Waals surface area contributed by atoms with E-state index in [1.165, 1.54) is 37.8 Å². The van der Waals surface area contributed by atoms with Crippen molar-refractivity contribution in [3.05, 3.63) is 18.2 Å². The van der Waals surface area contributed by atoms with E-state index in [4.69, 9.17) is 10.5 Å². The Morgan fingerprint density at radius 2 is 2.15 bits per heavy atom. The van der Waals surface area contributed by atoms with Crippen molar-refractivity contribution in [3.63, 3.8) is 0 Å². The Bertz CT molecular complexity index is 417. The zero-order chi connectivity index (χ0) is 13.9. The largest absolute Gasteiger partial charge is 0.381 e. The highest BCUT2D eigenvalue weighted by Crippen LogP contribution is 2.36. The molecule has 3 rings (SSSR count). The molecule has 0 bridgehead atoms. The molecular formula is C16H27N3O. The van der Waals surface area contributed by atoms with Crippen LogP contribution in [0.15, 0.2) is 12.5 Å². The first-order chi connectivity index (χ1) is 9.79. The summed E-state index contributed by atoms with van der Waals surface area (Å²) in [5.74, 6) is 1.38. The van der Waals surface area contributed by atoms with Crippen LogP contribution in [0.1, 0.15) is 63.2 Å². The maximum absolute atomic E-state index is 6.46. The summed E-state index contributed by atoms with van der Waals surface area (Å²) in [5, 5.41) is 0. The van der Waals surface area contributed by atoms with E-state index in [2.05, 4.69) is 16.5 Å². The monoisotopic (exact) mass is 277 g/mol. The van der Waals surface area contributed by atoms with Crippen molar-refractivity contribution < 1.29 is 4.74 Å². The lowest BCUT2D eigenvalue weighted by molar-refractivity contribution is 0.179. The second kappa shape index (κ2) is 6.27. The molecule has 2 atom stereocenters. The Morgan fingerprint density at radius 3 is 2.80 bits per heavy atom. The molecule has 20 heavy (non-hydrogen) atoms. The quantitative estimate of drug-likeness (QED) is 0.920. The van der Waals surface area contributed by atoms with Crippen LogP contribution in [-0.4, -0.2) is 22.8 Å². The van der Waals surface area contributed by atoms with Crippen molar-refractivity contribution in [2.24, 2.45) is 17.6 Å². The second-order valence-electron chi connectivity index (χ2n) is 6.46. The topological polar surface area (TPSA) is 53.1 Å². The van der Waals surface area contributed by atoms with Gasteiger partial charge in [-0.15, -0.1) is 0 Å². The summed E-state index contributed by atoms with van der Waals surface area (Å²) < 4.78 is 7.84. The number of hydrogen-bond donors (Lipinski definition) is 1. The van der Waals surface area contributed by atoms with E-state index in [0.29, 0.717) is 12.0 Å². The fourth-order valence-electron chi connectivity index (χ4n) is 3.79. The minimum atomic E-state index is 0.0731. The highest BCUT2D eigenvalue weighted by molar-refractivity contribution is 5.08. The first-order valence-electron chi connectivity index (χ1n) is 8.14. The number of imidazole rings is 1. The summed E-state index contributed by atoms with van der Waals surface area (Å²) in [6.07, 6.45) is 11.6. The van der Waals surface area contributed by atoms with Crippen molar-refractivity contribution in [1.29, 1.82) is 0 Å². The lowest BCUT2D eigenvalue weighted by atomic mass is 9.84. The molecule has 0 spiro atoms. The summed E-state index contributed by atoms with van der Waals surface area (Å²) >= 11 is 0. The van der Waals surface area contributed by atoms with Crippen LogP contribution in [0, 0.1) is 11.8 Å². The molecule has 4 nitrogen and oxygen atoms in total. The lowest BCUT2D eigenvalue weighted by Crippen LogP contribution is -2.27. The van der Waals surface area contributed by atoms with E-state index in [1.54, 1.807) is 0 Å². The Morgan fingerprint density at radius 1 is 1.35 bits per heavy atom. The van der Waals surface area contributed by atoms with Crippen LogP contribution in [0.2, 0.25) is 0 Å². The van der Waals surface area contributed by atoms with Crippen molar-refractivity contribution in [3.8, 4) is 0 Å². The van der Waals surface area contributed by atoms with Gasteiger partial charge < -0.3 is 15.0 Å². The molecule has 112 valence electrons. The molecule has 0 amide bonds. The maximum atomic E-state index is 6.46. The highest BCUT2D eigenvalue weighted by Gasteiger charge is 2.29. The fourth-order valence-corrected chi connectivity index (χ4v) is 3.79. The summed E-state index contributed by atoms with van der Waals surface area (Å²) in [6.45, 7) is 3.96. The van der Waals surface area contributed by atoms with Gasteiger partial charge >= 0.3 is 0 Å². The zero-order valence-corrected chi connectivity index (χ0v) is 12.5. The van der Waals surface area contributed by atoms with Gasteiger partial charge in [0.1, 0.15) is 0 Å². The van der Waals surface area contributed by atoms with E-state index in [-0.39, 0.29) is 6.04 Å². The van der Waals surface area contributed by atoms with Crippen LogP contribution in [0.4, 0.5) is 0 Å². The lowest BCUT2D eigenvalue weighted by Gasteiger charge is -2.31. The smallest absolute Gasteiger partial charge is 0.0951 e. The Labute approximate surface area is 121 Å². The van der Waals surface area contributed by atoms with Crippen LogP contribution in [0.25, 0.3) is 0 Å². The second-order valence-corrected chi connectivity index (χ2v) is 6.46. The third-order valence-electron chi connectivity index (χ3n) is 5.30. The van der Waals surface area contributed by atoms with Crippen LogP contribution in [-0.2, 0) is 4.74 Å². The first kappa shape index (κ1) is 14.1. The fraction of sp³-hybridized carbons (Fsp3) is 0.812. The molecule has 2 aliphatic rings. The molecule has 1 aromatic rings. The van der Waals surface area contributed by atoms with Crippen molar-refractivity contribution in [2.45, 2.75) is 57.5 Å². The molecule has 2 unspecified atom stereocenters. The molecule has 2 N–H and O–H groups in total. The van der Waals surface area contributed by atoms with E-state index in [1.807, 2.05) is 12.5 Å². The van der Waals surface area contributed by atoms with Gasteiger partial charge in [0.25, 0.3) is 0 Å². The molecule has 1 aliphatic carbocycles. The average molecular weight is 277 g/mol. The van der Waals surface area contributed by atoms with Gasteiger partial charge in [-0.25, -0.2) is 4.98 Å². The SMILES string of the molecule is CCC1CCC(n2cncc2C(N)C2CCOC2)CC1. The molecule has 1 saturated heterocycles. The molecule has 0 aromatic carbocycles. The van der Waals surface area contributed by atoms with Gasteiger partial charge in [0.2, 0.25) is 0 Å². The minimum absolute atomic E-state index is 0.0731. The van der Waals surface area contributed by atoms with Crippen molar-refractivity contribution in [2.75, 3.05) is 13.2 Å². The third kappa shape index (κ3) is 2.77. The van der Waals surface area contributed by atoms with Crippen molar-refractivity contribution in [1.82, 2.24) is 9.55 Å². The molecule has 1 aliphatic heterocycles. The molecule has 0 radical (unpaired) electrons. The van der Waals surface area contributed by atoms with Gasteiger partial charge in [-0.1, -0.05) is 13.3 Å². The van der Waals surface area contributed by atoms with E-state index < -0.39 is 0 Å². The maximum Gasteiger partial charge on any atom is 0.0951 e. The number of ether oxygens (including phenoxy) is 1. The van der Waals surface area contributed by atoms with Gasteiger partial charge in [0, 0.05) is 24.8 Å². The van der Waals surface area contributed by atoms with Crippen LogP contribution in [0.3, 0.4) is 0 Å². The van der Waals surface area contributed by atoms with Crippen LogP contribution < -0.4 is 5.73 Å². The van der Waals surface area contributed by atoms with Gasteiger partial charge in [0.15, 0.2) is 0 Å². The Balaban J connectivity index is 1.70. The summed E-state index contributed by atoms with van der Waals surface area (Å²) in [4.78, 5) is 4.37. The first-order valence-corrected chi connectivity index (χ1v) is 8.14.